The minimum atomic E-state index is -0.943. The molecule has 0 bridgehead atoms. The molecule has 3 aromatic carbocycles. The molecular weight excluding hydrogens is 627 g/mol. The highest BCUT2D eigenvalue weighted by Gasteiger charge is 2.15. The molecule has 0 aliphatic heterocycles. The molecule has 0 fully saturated rings. The molecule has 3 rings (SSSR count). The number of hydrazone groups is 1. The van der Waals surface area contributed by atoms with Crippen LogP contribution in [0.4, 0.5) is 11.4 Å². The summed E-state index contributed by atoms with van der Waals surface area (Å²) in [5, 5.41) is 9.43. The molecule has 0 aliphatic rings. The first-order valence-corrected chi connectivity index (χ1v) is 12.7. The molecule has 0 atom stereocenters. The van der Waals surface area contributed by atoms with Crippen LogP contribution < -0.4 is 30.3 Å². The van der Waals surface area contributed by atoms with Crippen LogP contribution in [0.1, 0.15) is 12.5 Å². The molecule has 3 aromatic rings. The Morgan fingerprint density at radius 2 is 1.74 bits per heavy atom. The fraction of sp³-hybridized carbons (Fsp3) is 0.154. The van der Waals surface area contributed by atoms with Crippen LogP contribution in [0, 0.1) is 3.57 Å². The van der Waals surface area contributed by atoms with Crippen LogP contribution in [-0.4, -0.2) is 44.3 Å². The Labute approximate surface area is 237 Å². The summed E-state index contributed by atoms with van der Waals surface area (Å²) in [5.74, 6) is -0.832. The van der Waals surface area contributed by atoms with Gasteiger partial charge in [0.15, 0.2) is 18.1 Å². The number of amides is 3. The zero-order chi connectivity index (χ0) is 27.5. The largest absolute Gasteiger partial charge is 0.497 e. The second-order valence-electron chi connectivity index (χ2n) is 7.46. The SMILES string of the molecule is CCOc1cc(/C=N\NC(=O)C(=O)Nc2ccc(OC)cc2)cc(I)c1OCC(=O)Nc1ccccc1Cl. The molecular formula is C26H24ClIN4O6. The van der Waals surface area contributed by atoms with Crippen LogP contribution in [0.25, 0.3) is 0 Å². The number of para-hydroxylation sites is 1. The number of hydrogen-bond donors (Lipinski definition) is 3. The molecule has 0 saturated carbocycles. The molecule has 0 unspecified atom stereocenters. The monoisotopic (exact) mass is 650 g/mol. The standard InChI is InChI=1S/C26H24ClIN4O6/c1-3-37-22-13-16(14-29-32-26(35)25(34)30-17-8-10-18(36-2)11-9-17)12-20(28)24(22)38-15-23(33)31-21-7-5-4-6-19(21)27/h4-14H,3,15H2,1-2H3,(H,30,34)(H,31,33)(H,32,35)/b29-14-. The summed E-state index contributed by atoms with van der Waals surface area (Å²) in [6.07, 6.45) is 1.36. The summed E-state index contributed by atoms with van der Waals surface area (Å²) >= 11 is 8.12. The number of benzene rings is 3. The van der Waals surface area contributed by atoms with E-state index < -0.39 is 17.7 Å². The first-order valence-electron chi connectivity index (χ1n) is 11.2. The number of methoxy groups -OCH3 is 1. The number of carbonyl (C=O) groups is 3. The summed E-state index contributed by atoms with van der Waals surface area (Å²) in [6.45, 7) is 1.89. The second kappa shape index (κ2) is 14.2. The molecule has 12 heteroatoms. The van der Waals surface area contributed by atoms with E-state index in [0.717, 1.165) is 0 Å². The van der Waals surface area contributed by atoms with Gasteiger partial charge in [0, 0.05) is 5.69 Å². The Balaban J connectivity index is 1.60. The maximum absolute atomic E-state index is 12.4. The predicted molar refractivity (Wildman–Crippen MR) is 153 cm³/mol. The van der Waals surface area contributed by atoms with Crippen LogP contribution >= 0.6 is 34.2 Å². The van der Waals surface area contributed by atoms with Crippen LogP contribution in [0.15, 0.2) is 65.8 Å². The van der Waals surface area contributed by atoms with Crippen LogP contribution in [0.3, 0.4) is 0 Å². The van der Waals surface area contributed by atoms with Gasteiger partial charge in [-0.1, -0.05) is 23.7 Å². The van der Waals surface area contributed by atoms with Crippen LogP contribution in [0.2, 0.25) is 5.02 Å². The Morgan fingerprint density at radius 3 is 2.42 bits per heavy atom. The van der Waals surface area contributed by atoms with Gasteiger partial charge in [0.1, 0.15) is 5.75 Å². The average Bonchev–Trinajstić information content (AvgIpc) is 2.90. The molecule has 38 heavy (non-hydrogen) atoms. The van der Waals surface area contributed by atoms with Crippen molar-refractivity contribution < 1.29 is 28.6 Å². The van der Waals surface area contributed by atoms with Gasteiger partial charge in [-0.2, -0.15) is 5.10 Å². The minimum absolute atomic E-state index is 0.270. The van der Waals surface area contributed by atoms with E-state index in [-0.39, 0.29) is 6.61 Å². The fourth-order valence-corrected chi connectivity index (χ4v) is 3.99. The molecule has 0 radical (unpaired) electrons. The van der Waals surface area contributed by atoms with Crippen molar-refractivity contribution in [2.75, 3.05) is 31.0 Å². The van der Waals surface area contributed by atoms with Crippen molar-refractivity contribution in [3.8, 4) is 17.2 Å². The quantitative estimate of drug-likeness (QED) is 0.129. The van der Waals surface area contributed by atoms with Gasteiger partial charge in [0.05, 0.1) is 34.2 Å². The maximum atomic E-state index is 12.4. The summed E-state index contributed by atoms with van der Waals surface area (Å²) in [6, 6.07) is 16.8. The molecule has 10 nitrogen and oxygen atoms in total. The number of anilines is 2. The van der Waals surface area contributed by atoms with Crippen molar-refractivity contribution in [2.24, 2.45) is 5.10 Å². The van der Waals surface area contributed by atoms with E-state index in [1.54, 1.807) is 60.7 Å². The normalized spacial score (nSPS) is 10.5. The minimum Gasteiger partial charge on any atom is -0.497 e. The van der Waals surface area contributed by atoms with Crippen molar-refractivity contribution in [1.29, 1.82) is 0 Å². The second-order valence-corrected chi connectivity index (χ2v) is 9.03. The lowest BCUT2D eigenvalue weighted by atomic mass is 10.2. The third-order valence-electron chi connectivity index (χ3n) is 4.76. The number of rotatable bonds is 10. The number of halogens is 2. The van der Waals surface area contributed by atoms with E-state index in [2.05, 4.69) is 21.2 Å². The molecule has 0 aromatic heterocycles. The van der Waals surface area contributed by atoms with E-state index >= 15 is 0 Å². The lowest BCUT2D eigenvalue weighted by Crippen LogP contribution is -2.32. The Bertz CT molecular complexity index is 1330. The van der Waals surface area contributed by atoms with Gasteiger partial charge < -0.3 is 24.8 Å². The highest BCUT2D eigenvalue weighted by molar-refractivity contribution is 14.1. The van der Waals surface area contributed by atoms with Crippen molar-refractivity contribution in [3.63, 3.8) is 0 Å². The van der Waals surface area contributed by atoms with Gasteiger partial charge in [0.25, 0.3) is 5.91 Å². The summed E-state index contributed by atoms with van der Waals surface area (Å²) in [7, 11) is 1.53. The van der Waals surface area contributed by atoms with E-state index in [9.17, 15) is 14.4 Å². The van der Waals surface area contributed by atoms with Crippen molar-refractivity contribution in [3.05, 3.63) is 74.8 Å². The number of carbonyl (C=O) groups excluding carboxylic acids is 3. The zero-order valence-electron chi connectivity index (χ0n) is 20.4. The van der Waals surface area contributed by atoms with Gasteiger partial charge in [-0.3, -0.25) is 14.4 Å². The maximum Gasteiger partial charge on any atom is 0.329 e. The third kappa shape index (κ3) is 8.35. The predicted octanol–water partition coefficient (Wildman–Crippen LogP) is 4.46. The molecule has 3 amide bonds. The van der Waals surface area contributed by atoms with E-state index in [1.807, 2.05) is 29.5 Å². The number of nitrogens with zero attached hydrogens (tertiary/aromatic N) is 1. The van der Waals surface area contributed by atoms with E-state index in [0.29, 0.717) is 49.4 Å². The number of hydrogen-bond acceptors (Lipinski definition) is 7. The van der Waals surface area contributed by atoms with Gasteiger partial charge in [-0.15, -0.1) is 0 Å². The first-order chi connectivity index (χ1) is 18.3. The molecule has 0 aliphatic carbocycles. The fourth-order valence-electron chi connectivity index (χ4n) is 3.03. The third-order valence-corrected chi connectivity index (χ3v) is 5.89. The van der Waals surface area contributed by atoms with Crippen molar-refractivity contribution in [2.45, 2.75) is 6.92 Å². The molecule has 0 spiro atoms. The highest BCUT2D eigenvalue weighted by atomic mass is 127. The smallest absolute Gasteiger partial charge is 0.329 e. The summed E-state index contributed by atoms with van der Waals surface area (Å²) in [5.41, 5.74) is 3.67. The zero-order valence-corrected chi connectivity index (χ0v) is 23.3. The highest BCUT2D eigenvalue weighted by Crippen LogP contribution is 2.34. The van der Waals surface area contributed by atoms with Crippen molar-refractivity contribution in [1.82, 2.24) is 5.43 Å². The van der Waals surface area contributed by atoms with Crippen LogP contribution in [0.5, 0.6) is 17.2 Å². The number of ether oxygens (including phenoxy) is 3. The average molecular weight is 651 g/mol. The van der Waals surface area contributed by atoms with Gasteiger partial charge >= 0.3 is 11.8 Å². The molecule has 3 N–H and O–H groups in total. The first kappa shape index (κ1) is 28.7. The lowest BCUT2D eigenvalue weighted by Gasteiger charge is -2.15. The van der Waals surface area contributed by atoms with Crippen molar-refractivity contribution >= 4 is 69.5 Å². The van der Waals surface area contributed by atoms with E-state index in [4.69, 9.17) is 25.8 Å². The summed E-state index contributed by atoms with van der Waals surface area (Å²) in [4.78, 5) is 36.6. The number of nitrogens with one attached hydrogen (secondary N) is 3. The van der Waals surface area contributed by atoms with E-state index in [1.165, 1.54) is 13.3 Å². The topological polar surface area (TPSA) is 127 Å². The Morgan fingerprint density at radius 1 is 1.00 bits per heavy atom. The van der Waals surface area contributed by atoms with Gasteiger partial charge in [-0.25, -0.2) is 5.43 Å². The Kier molecular flexibility index (Phi) is 10.7. The lowest BCUT2D eigenvalue weighted by molar-refractivity contribution is -0.136. The Hall–Kier alpha value is -3.84. The van der Waals surface area contributed by atoms with Crippen LogP contribution in [-0.2, 0) is 14.4 Å². The molecule has 198 valence electrons. The van der Waals surface area contributed by atoms with Gasteiger partial charge in [-0.05, 0) is 83.6 Å². The molecule has 0 heterocycles. The van der Waals surface area contributed by atoms with Gasteiger partial charge in [0.2, 0.25) is 0 Å². The summed E-state index contributed by atoms with van der Waals surface area (Å²) < 4.78 is 17.1. The molecule has 0 saturated heterocycles.